The van der Waals surface area contributed by atoms with E-state index in [1.807, 2.05) is 74.5 Å². The van der Waals surface area contributed by atoms with Gasteiger partial charge < -0.3 is 0 Å². The van der Waals surface area contributed by atoms with Gasteiger partial charge in [0, 0.05) is 5.56 Å². The van der Waals surface area contributed by atoms with Gasteiger partial charge in [0.05, 0.1) is 32.5 Å². The SMILES string of the molecule is Cc1ccc(N2N=C(c3ccc([N+](C)(C)C)cc3)N([O])N(c3ccc(C)cc3)C2=O)cc1. The minimum atomic E-state index is -0.542. The number of nitrogens with zero attached hydrogens (tertiary/aromatic N) is 5. The Kier molecular flexibility index (Phi) is 5.46. The summed E-state index contributed by atoms with van der Waals surface area (Å²) in [4.78, 5) is 13.4. The molecule has 1 heterocycles. The van der Waals surface area contributed by atoms with Crippen molar-refractivity contribution in [1.82, 2.24) is 9.66 Å². The number of hydrazone groups is 1. The summed E-state index contributed by atoms with van der Waals surface area (Å²) in [6.07, 6.45) is 0. The number of amides is 2. The van der Waals surface area contributed by atoms with Gasteiger partial charge in [-0.1, -0.05) is 45.8 Å². The number of quaternary nitrogens is 1. The Hall–Kier alpha value is -3.68. The number of aryl methyl sites for hydroxylation is 2. The van der Waals surface area contributed by atoms with E-state index in [1.54, 1.807) is 12.1 Å². The molecule has 0 unspecified atom stereocenters. The molecule has 3 aromatic rings. The highest BCUT2D eigenvalue weighted by Crippen LogP contribution is 2.29. The third-order valence-electron chi connectivity index (χ3n) is 5.38. The van der Waals surface area contributed by atoms with Crippen molar-refractivity contribution in [3.8, 4) is 0 Å². The molecular weight excluding hydrogens is 402 g/mol. The van der Waals surface area contributed by atoms with Crippen LogP contribution in [0.5, 0.6) is 0 Å². The summed E-state index contributed by atoms with van der Waals surface area (Å²) in [5, 5.41) is 20.8. The standard InChI is InChI=1S/C25H27N5O2/c1-18-6-12-21(13-7-18)27-25(31)28(22-14-8-19(2)9-15-22)29(32)24(26-27)20-10-16-23(17-11-20)30(3,4)5/h6-17H,1-5H3/q+1. The van der Waals surface area contributed by atoms with Gasteiger partial charge in [-0.2, -0.15) is 10.0 Å². The maximum absolute atomic E-state index is 13.4. The van der Waals surface area contributed by atoms with Gasteiger partial charge in [-0.15, -0.1) is 5.10 Å². The Morgan fingerprint density at radius 3 is 1.72 bits per heavy atom. The number of hydrazine groups is 1. The highest BCUT2D eigenvalue weighted by Gasteiger charge is 2.37. The predicted molar refractivity (Wildman–Crippen MR) is 128 cm³/mol. The minimum absolute atomic E-state index is 0.138. The van der Waals surface area contributed by atoms with Crippen molar-refractivity contribution in [2.24, 2.45) is 5.10 Å². The Labute approximate surface area is 188 Å². The van der Waals surface area contributed by atoms with Crippen LogP contribution in [0.3, 0.4) is 0 Å². The van der Waals surface area contributed by atoms with Crippen molar-refractivity contribution in [3.05, 3.63) is 89.5 Å². The molecule has 2 amide bonds. The minimum Gasteiger partial charge on any atom is -0.298 e. The van der Waals surface area contributed by atoms with E-state index < -0.39 is 6.03 Å². The van der Waals surface area contributed by atoms with Gasteiger partial charge in [0.25, 0.3) is 0 Å². The van der Waals surface area contributed by atoms with E-state index >= 15 is 0 Å². The maximum atomic E-state index is 13.4. The first-order valence-corrected chi connectivity index (χ1v) is 10.4. The van der Waals surface area contributed by atoms with Crippen molar-refractivity contribution in [3.63, 3.8) is 0 Å². The van der Waals surface area contributed by atoms with Crippen molar-refractivity contribution >= 4 is 28.9 Å². The fourth-order valence-corrected chi connectivity index (χ4v) is 3.42. The number of amidine groups is 1. The summed E-state index contributed by atoms with van der Waals surface area (Å²) in [6, 6.07) is 21.8. The molecule has 1 radical (unpaired) electrons. The lowest BCUT2D eigenvalue weighted by Gasteiger charge is -2.37. The lowest BCUT2D eigenvalue weighted by atomic mass is 10.1. The van der Waals surface area contributed by atoms with Crippen LogP contribution in [0.4, 0.5) is 21.9 Å². The monoisotopic (exact) mass is 429 g/mol. The van der Waals surface area contributed by atoms with E-state index in [-0.39, 0.29) is 5.84 Å². The third kappa shape index (κ3) is 4.08. The molecule has 0 saturated heterocycles. The Balaban J connectivity index is 1.82. The number of rotatable bonds is 4. The number of hydroxylamine groups is 1. The van der Waals surface area contributed by atoms with Crippen LogP contribution >= 0.6 is 0 Å². The van der Waals surface area contributed by atoms with Gasteiger partial charge in [-0.05, 0) is 62.4 Å². The molecule has 1 aliphatic rings. The summed E-state index contributed by atoms with van der Waals surface area (Å²) in [5.41, 5.74) is 4.88. The Bertz CT molecular complexity index is 1150. The molecule has 4 rings (SSSR count). The third-order valence-corrected chi connectivity index (χ3v) is 5.38. The number of urea groups is 1. The second-order valence-electron chi connectivity index (χ2n) is 8.83. The Morgan fingerprint density at radius 2 is 1.22 bits per heavy atom. The zero-order chi connectivity index (χ0) is 23.0. The maximum Gasteiger partial charge on any atom is 0.370 e. The van der Waals surface area contributed by atoms with Gasteiger partial charge in [0.15, 0.2) is 0 Å². The summed E-state index contributed by atoms with van der Waals surface area (Å²) < 4.78 is 0.650. The molecule has 0 N–H and O–H groups in total. The fraction of sp³-hybridized carbons (Fsp3) is 0.200. The van der Waals surface area contributed by atoms with E-state index in [4.69, 9.17) is 0 Å². The van der Waals surface area contributed by atoms with Crippen molar-refractivity contribution < 1.29 is 10.0 Å². The zero-order valence-corrected chi connectivity index (χ0v) is 19.0. The van der Waals surface area contributed by atoms with Gasteiger partial charge in [-0.3, -0.25) is 4.48 Å². The van der Waals surface area contributed by atoms with Crippen LogP contribution < -0.4 is 14.5 Å². The second-order valence-corrected chi connectivity index (χ2v) is 8.83. The van der Waals surface area contributed by atoms with Gasteiger partial charge in [-0.25, -0.2) is 4.79 Å². The topological polar surface area (TPSA) is 59.0 Å². The molecular formula is C25H27N5O2+. The van der Waals surface area contributed by atoms with Crippen molar-refractivity contribution in [1.29, 1.82) is 0 Å². The van der Waals surface area contributed by atoms with Crippen molar-refractivity contribution in [2.45, 2.75) is 13.8 Å². The molecule has 0 fully saturated rings. The van der Waals surface area contributed by atoms with Crippen LogP contribution in [-0.2, 0) is 5.21 Å². The number of benzene rings is 3. The van der Waals surface area contributed by atoms with E-state index in [2.05, 4.69) is 26.2 Å². The molecule has 1 aliphatic heterocycles. The van der Waals surface area contributed by atoms with Crippen molar-refractivity contribution in [2.75, 3.05) is 31.2 Å². The Morgan fingerprint density at radius 1 is 0.719 bits per heavy atom. The van der Waals surface area contributed by atoms with Gasteiger partial charge in [0.2, 0.25) is 5.84 Å². The lowest BCUT2D eigenvalue weighted by molar-refractivity contribution is -0.0921. The number of carbonyl (C=O) groups excluding carboxylic acids is 1. The van der Waals surface area contributed by atoms with Crippen LogP contribution in [0.1, 0.15) is 16.7 Å². The average Bonchev–Trinajstić information content (AvgIpc) is 2.76. The average molecular weight is 430 g/mol. The fourth-order valence-electron chi connectivity index (χ4n) is 3.42. The number of hydrogen-bond donors (Lipinski definition) is 0. The molecule has 0 aromatic heterocycles. The predicted octanol–water partition coefficient (Wildman–Crippen LogP) is 4.87. The summed E-state index contributed by atoms with van der Waals surface area (Å²) >= 11 is 0. The summed E-state index contributed by atoms with van der Waals surface area (Å²) in [7, 11) is 6.22. The van der Waals surface area contributed by atoms with Crippen LogP contribution in [0.25, 0.3) is 0 Å². The first kappa shape index (κ1) is 21.5. The molecule has 7 heteroatoms. The molecule has 32 heavy (non-hydrogen) atoms. The van der Waals surface area contributed by atoms with Crippen LogP contribution in [0, 0.1) is 13.8 Å². The first-order valence-electron chi connectivity index (χ1n) is 10.4. The molecule has 0 bridgehead atoms. The summed E-state index contributed by atoms with van der Waals surface area (Å²) in [6.45, 7) is 3.93. The smallest absolute Gasteiger partial charge is 0.298 e. The molecule has 0 atom stereocenters. The molecule has 0 saturated carbocycles. The van der Waals surface area contributed by atoms with Crippen LogP contribution in [0.2, 0.25) is 0 Å². The van der Waals surface area contributed by atoms with Crippen LogP contribution in [-0.4, -0.2) is 38.2 Å². The van der Waals surface area contributed by atoms with Gasteiger partial charge >= 0.3 is 6.03 Å². The molecule has 0 spiro atoms. The van der Waals surface area contributed by atoms with E-state index in [1.165, 1.54) is 5.01 Å². The summed E-state index contributed by atoms with van der Waals surface area (Å²) in [5.74, 6) is 0.138. The zero-order valence-electron chi connectivity index (χ0n) is 19.0. The van der Waals surface area contributed by atoms with Crippen LogP contribution in [0.15, 0.2) is 77.9 Å². The van der Waals surface area contributed by atoms with Gasteiger partial charge in [0.1, 0.15) is 5.69 Å². The van der Waals surface area contributed by atoms with E-state index in [9.17, 15) is 10.0 Å². The van der Waals surface area contributed by atoms with E-state index in [0.29, 0.717) is 26.6 Å². The highest BCUT2D eigenvalue weighted by atomic mass is 16.6. The molecule has 3 aromatic carbocycles. The lowest BCUT2D eigenvalue weighted by Crippen LogP contribution is -2.57. The first-order chi connectivity index (χ1) is 15.1. The molecule has 7 nitrogen and oxygen atoms in total. The number of hydrogen-bond acceptors (Lipinski definition) is 3. The largest absolute Gasteiger partial charge is 0.370 e. The molecule has 0 aliphatic carbocycles. The normalized spacial score (nSPS) is 14.6. The number of anilines is 2. The number of carbonyl (C=O) groups is 1. The van der Waals surface area contributed by atoms with E-state index in [0.717, 1.165) is 21.8 Å². The highest BCUT2D eigenvalue weighted by molar-refractivity contribution is 6.12. The second kappa shape index (κ2) is 8.11. The molecule has 163 valence electrons. The quantitative estimate of drug-likeness (QED) is 0.556.